The molecule has 0 spiro atoms. The number of nitrogens with one attached hydrogen (secondary N) is 1. The second-order valence-corrected chi connectivity index (χ2v) is 8.26. The third-order valence-corrected chi connectivity index (χ3v) is 6.02. The Kier molecular flexibility index (Phi) is 4.91. The van der Waals surface area contributed by atoms with Crippen molar-refractivity contribution in [2.45, 2.75) is 26.2 Å². The summed E-state index contributed by atoms with van der Waals surface area (Å²) in [5.74, 6) is 2.02. The number of rotatable bonds is 5. The van der Waals surface area contributed by atoms with Crippen LogP contribution in [0, 0.1) is 6.92 Å². The largest absolute Gasteiger partial charge is 0.367 e. The fraction of sp³-hybridized carbons (Fsp3) is 0.526. The Morgan fingerprint density at radius 3 is 2.77 bits per heavy atom. The van der Waals surface area contributed by atoms with Gasteiger partial charge in [-0.1, -0.05) is 0 Å². The molecule has 0 bridgehead atoms. The highest BCUT2D eigenvalue weighted by Gasteiger charge is 2.18. The first-order chi connectivity index (χ1) is 12.6. The zero-order valence-corrected chi connectivity index (χ0v) is 16.6. The number of aryl methyl sites for hydroxylation is 1. The minimum atomic E-state index is 0.860. The van der Waals surface area contributed by atoms with Gasteiger partial charge in [0.1, 0.15) is 22.8 Å². The lowest BCUT2D eigenvalue weighted by Gasteiger charge is -2.28. The molecule has 4 heterocycles. The average molecular weight is 371 g/mol. The summed E-state index contributed by atoms with van der Waals surface area (Å²) in [5.41, 5.74) is 2.27. The molecule has 1 saturated heterocycles. The number of hydrogen-bond donors (Lipinski definition) is 1. The number of hydrogen-bond acceptors (Lipinski definition) is 7. The maximum atomic E-state index is 4.99. The fourth-order valence-corrected chi connectivity index (χ4v) is 4.71. The summed E-state index contributed by atoms with van der Waals surface area (Å²) in [6.45, 7) is 6.22. The molecule has 1 aliphatic rings. The van der Waals surface area contributed by atoms with Gasteiger partial charge in [-0.05, 0) is 51.9 Å². The van der Waals surface area contributed by atoms with Crippen LogP contribution < -0.4 is 10.2 Å². The first kappa shape index (κ1) is 17.4. The molecule has 0 amide bonds. The van der Waals surface area contributed by atoms with Crippen LogP contribution in [0.15, 0.2) is 12.4 Å². The van der Waals surface area contributed by atoms with Crippen LogP contribution in [0.2, 0.25) is 0 Å². The van der Waals surface area contributed by atoms with Gasteiger partial charge in [0.2, 0.25) is 0 Å². The van der Waals surface area contributed by atoms with Crippen LogP contribution in [0.4, 0.5) is 11.6 Å². The summed E-state index contributed by atoms with van der Waals surface area (Å²) in [6, 6.07) is 2.22. The highest BCUT2D eigenvalue weighted by atomic mass is 32.1. The van der Waals surface area contributed by atoms with Gasteiger partial charge in [0.15, 0.2) is 0 Å². The van der Waals surface area contributed by atoms with E-state index in [-0.39, 0.29) is 0 Å². The maximum absolute atomic E-state index is 4.99. The number of thiophene rings is 1. The predicted octanol–water partition coefficient (Wildman–Crippen LogP) is 3.51. The zero-order chi connectivity index (χ0) is 18.1. The molecule has 6 nitrogen and oxygen atoms in total. The molecule has 0 unspecified atom stereocenters. The Morgan fingerprint density at radius 2 is 2.00 bits per heavy atom. The first-order valence-electron chi connectivity index (χ1n) is 9.32. The number of pyridine rings is 1. The monoisotopic (exact) mass is 370 g/mol. The Bertz CT molecular complexity index is 913. The summed E-state index contributed by atoms with van der Waals surface area (Å²) in [6.07, 6.45) is 5.51. The lowest BCUT2D eigenvalue weighted by atomic mass is 10.1. The van der Waals surface area contributed by atoms with Crippen molar-refractivity contribution in [3.05, 3.63) is 18.0 Å². The van der Waals surface area contributed by atoms with Crippen LogP contribution in [0.3, 0.4) is 0 Å². The molecule has 3 aromatic rings. The van der Waals surface area contributed by atoms with E-state index >= 15 is 0 Å². The van der Waals surface area contributed by atoms with E-state index in [0.717, 1.165) is 52.9 Å². The Morgan fingerprint density at radius 1 is 1.19 bits per heavy atom. The number of anilines is 2. The molecule has 0 atom stereocenters. The molecule has 0 aliphatic carbocycles. The van der Waals surface area contributed by atoms with Gasteiger partial charge in [-0.2, -0.15) is 0 Å². The van der Waals surface area contributed by atoms with Crippen molar-refractivity contribution in [1.29, 1.82) is 0 Å². The van der Waals surface area contributed by atoms with Crippen molar-refractivity contribution < 1.29 is 0 Å². The van der Waals surface area contributed by atoms with Crippen LogP contribution in [0.25, 0.3) is 20.4 Å². The van der Waals surface area contributed by atoms with Gasteiger partial charge in [-0.15, -0.1) is 11.3 Å². The van der Waals surface area contributed by atoms with Crippen molar-refractivity contribution in [3.8, 4) is 0 Å². The number of aromatic nitrogens is 3. The number of nitrogens with zero attached hydrogens (tertiary/aromatic N) is 5. The van der Waals surface area contributed by atoms with E-state index in [1.54, 1.807) is 17.7 Å². The molecule has 3 aromatic heterocycles. The molecule has 1 fully saturated rings. The van der Waals surface area contributed by atoms with Gasteiger partial charge in [0.25, 0.3) is 0 Å². The third kappa shape index (κ3) is 3.33. The Hall–Kier alpha value is -1.99. The van der Waals surface area contributed by atoms with Crippen molar-refractivity contribution in [2.75, 3.05) is 50.5 Å². The van der Waals surface area contributed by atoms with Gasteiger partial charge >= 0.3 is 0 Å². The van der Waals surface area contributed by atoms with Gasteiger partial charge in [0, 0.05) is 31.6 Å². The molecule has 138 valence electrons. The molecular formula is C19H26N6S. The molecule has 1 N–H and O–H groups in total. The van der Waals surface area contributed by atoms with E-state index in [4.69, 9.17) is 4.98 Å². The molecule has 0 radical (unpaired) electrons. The van der Waals surface area contributed by atoms with Crippen LogP contribution in [0.5, 0.6) is 0 Å². The molecule has 1 aliphatic heterocycles. The number of likely N-dealkylation sites (N-methyl/N-ethyl adjacent to an activating group) is 1. The van der Waals surface area contributed by atoms with Crippen LogP contribution in [-0.4, -0.2) is 60.1 Å². The first-order valence-corrected chi connectivity index (χ1v) is 10.1. The molecule has 26 heavy (non-hydrogen) atoms. The third-order valence-electron chi connectivity index (χ3n) is 4.94. The van der Waals surface area contributed by atoms with E-state index in [2.05, 4.69) is 52.2 Å². The highest BCUT2D eigenvalue weighted by molar-refractivity contribution is 7.26. The molecular weight excluding hydrogens is 344 g/mol. The van der Waals surface area contributed by atoms with Crippen molar-refractivity contribution in [2.24, 2.45) is 0 Å². The van der Waals surface area contributed by atoms with E-state index in [1.807, 2.05) is 0 Å². The van der Waals surface area contributed by atoms with Crippen LogP contribution in [0.1, 0.15) is 24.8 Å². The molecule has 7 heteroatoms. The summed E-state index contributed by atoms with van der Waals surface area (Å²) in [7, 11) is 4.15. The minimum absolute atomic E-state index is 0.860. The maximum Gasteiger partial charge on any atom is 0.147 e. The van der Waals surface area contributed by atoms with Crippen LogP contribution in [-0.2, 0) is 0 Å². The highest BCUT2D eigenvalue weighted by Crippen LogP contribution is 2.38. The van der Waals surface area contributed by atoms with Crippen molar-refractivity contribution in [3.63, 3.8) is 0 Å². The Balaban J connectivity index is 1.74. The SMILES string of the molecule is Cc1cc(N2CCCCC2)nc2sc3c(NCCN(C)C)ncnc3c12. The number of fused-ring (bicyclic) bond motifs is 3. The summed E-state index contributed by atoms with van der Waals surface area (Å²) >= 11 is 1.70. The molecule has 4 rings (SSSR count). The van der Waals surface area contributed by atoms with Crippen LogP contribution >= 0.6 is 11.3 Å². The normalized spacial score (nSPS) is 15.3. The van der Waals surface area contributed by atoms with Crippen molar-refractivity contribution >= 4 is 43.4 Å². The topological polar surface area (TPSA) is 57.2 Å². The summed E-state index contributed by atoms with van der Waals surface area (Å²) in [5, 5.41) is 4.63. The zero-order valence-electron chi connectivity index (χ0n) is 15.7. The molecule has 0 aromatic carbocycles. The predicted molar refractivity (Wildman–Crippen MR) is 111 cm³/mol. The fourth-order valence-electron chi connectivity index (χ4n) is 3.54. The second-order valence-electron chi connectivity index (χ2n) is 7.26. The molecule has 0 saturated carbocycles. The van der Waals surface area contributed by atoms with Gasteiger partial charge in [0.05, 0.1) is 10.2 Å². The van der Waals surface area contributed by atoms with Gasteiger partial charge in [-0.3, -0.25) is 0 Å². The lowest BCUT2D eigenvalue weighted by molar-refractivity contribution is 0.425. The van der Waals surface area contributed by atoms with E-state index in [0.29, 0.717) is 0 Å². The minimum Gasteiger partial charge on any atom is -0.367 e. The standard InChI is InChI=1S/C19H26N6S/c1-13-11-14(25-8-5-4-6-9-25)23-19-15(13)16-17(26-19)18(22-12-21-16)20-7-10-24(2)3/h11-12H,4-10H2,1-3H3,(H,20,21,22). The van der Waals surface area contributed by atoms with E-state index < -0.39 is 0 Å². The van der Waals surface area contributed by atoms with E-state index in [1.165, 1.54) is 30.2 Å². The van der Waals surface area contributed by atoms with Gasteiger partial charge < -0.3 is 15.1 Å². The lowest BCUT2D eigenvalue weighted by Crippen LogP contribution is -2.30. The van der Waals surface area contributed by atoms with E-state index in [9.17, 15) is 0 Å². The number of piperidine rings is 1. The quantitative estimate of drug-likeness (QED) is 0.742. The Labute approximate surface area is 158 Å². The smallest absolute Gasteiger partial charge is 0.147 e. The summed E-state index contributed by atoms with van der Waals surface area (Å²) in [4.78, 5) is 19.7. The second kappa shape index (κ2) is 7.32. The van der Waals surface area contributed by atoms with Crippen molar-refractivity contribution in [1.82, 2.24) is 19.9 Å². The summed E-state index contributed by atoms with van der Waals surface area (Å²) < 4.78 is 1.10. The van der Waals surface area contributed by atoms with Gasteiger partial charge in [-0.25, -0.2) is 15.0 Å². The average Bonchev–Trinajstić information content (AvgIpc) is 3.02.